The summed E-state index contributed by atoms with van der Waals surface area (Å²) in [5.41, 5.74) is 0.480. The number of amides is 1. The van der Waals surface area contributed by atoms with Crippen LogP contribution in [0.15, 0.2) is 17.0 Å². The minimum Gasteiger partial charge on any atom is -0.477 e. The zero-order valence-electron chi connectivity index (χ0n) is 10.1. The predicted molar refractivity (Wildman–Crippen MR) is 72.3 cm³/mol. The van der Waals surface area contributed by atoms with Gasteiger partial charge in [-0.05, 0) is 13.8 Å². The van der Waals surface area contributed by atoms with Crippen molar-refractivity contribution in [1.82, 2.24) is 10.3 Å². The molecule has 5 nitrogen and oxygen atoms in total. The van der Waals surface area contributed by atoms with Gasteiger partial charge in [0.15, 0.2) is 4.34 Å². The first-order valence-electron chi connectivity index (χ1n) is 5.21. The summed E-state index contributed by atoms with van der Waals surface area (Å²) in [5.74, 6) is -1.11. The summed E-state index contributed by atoms with van der Waals surface area (Å²) in [7, 11) is 0. The van der Waals surface area contributed by atoms with Crippen molar-refractivity contribution < 1.29 is 14.7 Å². The molecule has 1 atom stereocenters. The minimum absolute atomic E-state index is 0.121. The topological polar surface area (TPSA) is 79.3 Å². The highest BCUT2D eigenvalue weighted by Crippen LogP contribution is 2.30. The van der Waals surface area contributed by atoms with E-state index in [9.17, 15) is 9.59 Å². The highest BCUT2D eigenvalue weighted by molar-refractivity contribution is 8.02. The van der Waals surface area contributed by atoms with Crippen molar-refractivity contribution in [3.8, 4) is 0 Å². The summed E-state index contributed by atoms with van der Waals surface area (Å²) < 4.78 is 0.589. The number of hydrogen-bond donors (Lipinski definition) is 2. The maximum atomic E-state index is 11.6. The molecule has 0 fully saturated rings. The number of carboxylic acid groups (broad SMARTS) is 1. The number of nitrogens with zero attached hydrogens (tertiary/aromatic N) is 1. The molecule has 0 bridgehead atoms. The Kier molecular flexibility index (Phi) is 5.36. The molecule has 1 rings (SSSR count). The number of hydrogen-bond acceptors (Lipinski definition) is 5. The molecule has 18 heavy (non-hydrogen) atoms. The molecule has 0 aliphatic heterocycles. The molecule has 1 unspecified atom stereocenters. The van der Waals surface area contributed by atoms with E-state index in [1.165, 1.54) is 11.8 Å². The maximum absolute atomic E-state index is 11.6. The first kappa shape index (κ1) is 14.7. The molecule has 0 saturated carbocycles. The summed E-state index contributed by atoms with van der Waals surface area (Å²) in [5, 5.41) is 11.3. The molecule has 7 heteroatoms. The average molecular weight is 286 g/mol. The molecule has 1 aromatic heterocycles. The molecule has 0 saturated heterocycles. The van der Waals surface area contributed by atoms with Gasteiger partial charge in [0.05, 0.1) is 10.9 Å². The molecule has 0 radical (unpaired) electrons. The van der Waals surface area contributed by atoms with Crippen LogP contribution >= 0.6 is 23.1 Å². The summed E-state index contributed by atoms with van der Waals surface area (Å²) >= 11 is 2.34. The summed E-state index contributed by atoms with van der Waals surface area (Å²) in [4.78, 5) is 26.8. The highest BCUT2D eigenvalue weighted by atomic mass is 32.2. The van der Waals surface area contributed by atoms with Crippen molar-refractivity contribution in [3.05, 3.63) is 23.2 Å². The largest absolute Gasteiger partial charge is 0.477 e. The molecular formula is C11H14N2O3S2. The summed E-state index contributed by atoms with van der Waals surface area (Å²) in [6, 6.07) is 0. The Morgan fingerprint density at radius 3 is 2.83 bits per heavy atom. The lowest BCUT2D eigenvalue weighted by molar-refractivity contribution is -0.120. The third-order valence-electron chi connectivity index (χ3n) is 2.04. The van der Waals surface area contributed by atoms with Crippen molar-refractivity contribution in [3.63, 3.8) is 0 Å². The second kappa shape index (κ2) is 6.55. The molecule has 0 aliphatic carbocycles. The van der Waals surface area contributed by atoms with Gasteiger partial charge in [0.1, 0.15) is 4.88 Å². The van der Waals surface area contributed by atoms with E-state index in [1.807, 2.05) is 0 Å². The number of carboxylic acids is 1. The number of thioether (sulfide) groups is 1. The molecule has 98 valence electrons. The standard InChI is InChI=1S/C11H14N2O3S2/c1-4-5-12-9(14)7(3)17-11-13-6(2)8(18-11)10(15)16/h4,7H,1,5H2,2-3H3,(H,12,14)(H,15,16). The first-order valence-corrected chi connectivity index (χ1v) is 6.91. The predicted octanol–water partition coefficient (Wildman–Crippen LogP) is 1.93. The van der Waals surface area contributed by atoms with Gasteiger partial charge in [0, 0.05) is 6.54 Å². The van der Waals surface area contributed by atoms with Crippen molar-refractivity contribution in [2.45, 2.75) is 23.4 Å². The number of nitrogens with one attached hydrogen (secondary N) is 1. The van der Waals surface area contributed by atoms with Crippen LogP contribution in [0.5, 0.6) is 0 Å². The van der Waals surface area contributed by atoms with Gasteiger partial charge in [-0.1, -0.05) is 17.8 Å². The Morgan fingerprint density at radius 2 is 2.33 bits per heavy atom. The number of aromatic carboxylic acids is 1. The third kappa shape index (κ3) is 3.85. The van der Waals surface area contributed by atoms with E-state index in [2.05, 4.69) is 16.9 Å². The number of rotatable bonds is 6. The van der Waals surface area contributed by atoms with Crippen LogP contribution in [0.4, 0.5) is 0 Å². The fourth-order valence-corrected chi connectivity index (χ4v) is 3.34. The van der Waals surface area contributed by atoms with Crippen LogP contribution in [-0.4, -0.2) is 33.8 Å². The van der Waals surface area contributed by atoms with Crippen LogP contribution in [0.1, 0.15) is 22.3 Å². The quantitative estimate of drug-likeness (QED) is 0.617. The van der Waals surface area contributed by atoms with Gasteiger partial charge in [-0.3, -0.25) is 4.79 Å². The number of carbonyl (C=O) groups is 2. The smallest absolute Gasteiger partial charge is 0.347 e. The van der Waals surface area contributed by atoms with Crippen LogP contribution in [0, 0.1) is 6.92 Å². The Labute approximate surface area is 113 Å². The van der Waals surface area contributed by atoms with E-state index in [4.69, 9.17) is 5.11 Å². The van der Waals surface area contributed by atoms with Crippen molar-refractivity contribution in [1.29, 1.82) is 0 Å². The van der Waals surface area contributed by atoms with Gasteiger partial charge in [-0.15, -0.1) is 17.9 Å². The lowest BCUT2D eigenvalue weighted by atomic mass is 10.4. The van der Waals surface area contributed by atoms with Crippen molar-refractivity contribution in [2.24, 2.45) is 0 Å². The van der Waals surface area contributed by atoms with Gasteiger partial charge in [0.2, 0.25) is 5.91 Å². The average Bonchev–Trinajstić information content (AvgIpc) is 2.67. The molecule has 0 aromatic carbocycles. The van der Waals surface area contributed by atoms with E-state index in [0.717, 1.165) is 11.3 Å². The molecular weight excluding hydrogens is 272 g/mol. The SMILES string of the molecule is C=CCNC(=O)C(C)Sc1nc(C)c(C(=O)O)s1. The maximum Gasteiger partial charge on any atom is 0.347 e. The van der Waals surface area contributed by atoms with Gasteiger partial charge in [0.25, 0.3) is 0 Å². The van der Waals surface area contributed by atoms with Gasteiger partial charge < -0.3 is 10.4 Å². The van der Waals surface area contributed by atoms with Crippen LogP contribution < -0.4 is 5.32 Å². The van der Waals surface area contributed by atoms with Crippen LogP contribution in [-0.2, 0) is 4.79 Å². The van der Waals surface area contributed by atoms with Crippen LogP contribution in [0.3, 0.4) is 0 Å². The zero-order valence-corrected chi connectivity index (χ0v) is 11.7. The van der Waals surface area contributed by atoms with Gasteiger partial charge >= 0.3 is 5.97 Å². The van der Waals surface area contributed by atoms with Crippen LogP contribution in [0.25, 0.3) is 0 Å². The second-order valence-corrected chi connectivity index (χ2v) is 6.08. The lowest BCUT2D eigenvalue weighted by Crippen LogP contribution is -2.30. The number of aromatic nitrogens is 1. The molecule has 2 N–H and O–H groups in total. The van der Waals surface area contributed by atoms with Gasteiger partial charge in [-0.2, -0.15) is 0 Å². The minimum atomic E-state index is -0.986. The first-order chi connectivity index (χ1) is 8.45. The van der Waals surface area contributed by atoms with E-state index in [-0.39, 0.29) is 16.0 Å². The normalized spacial score (nSPS) is 11.9. The van der Waals surface area contributed by atoms with E-state index >= 15 is 0 Å². The second-order valence-electron chi connectivity index (χ2n) is 3.49. The molecule has 1 heterocycles. The number of thiazole rings is 1. The Bertz CT molecular complexity index is 471. The van der Waals surface area contributed by atoms with Crippen molar-refractivity contribution in [2.75, 3.05) is 6.54 Å². The number of aryl methyl sites for hydroxylation is 1. The summed E-state index contributed by atoms with van der Waals surface area (Å²) in [6.07, 6.45) is 1.60. The number of carbonyl (C=O) groups excluding carboxylic acids is 1. The Balaban J connectivity index is 2.67. The molecule has 1 aromatic rings. The van der Waals surface area contributed by atoms with E-state index in [1.54, 1.807) is 19.9 Å². The van der Waals surface area contributed by atoms with E-state index in [0.29, 0.717) is 16.6 Å². The Hall–Kier alpha value is -1.34. The zero-order chi connectivity index (χ0) is 13.7. The third-order valence-corrected chi connectivity index (χ3v) is 4.38. The molecule has 1 amide bonds. The molecule has 0 aliphatic rings. The monoisotopic (exact) mass is 286 g/mol. The van der Waals surface area contributed by atoms with E-state index < -0.39 is 5.97 Å². The Morgan fingerprint density at radius 1 is 1.67 bits per heavy atom. The van der Waals surface area contributed by atoms with Crippen molar-refractivity contribution >= 4 is 35.0 Å². The molecule has 0 spiro atoms. The van der Waals surface area contributed by atoms with Crippen LogP contribution in [0.2, 0.25) is 0 Å². The van der Waals surface area contributed by atoms with Gasteiger partial charge in [-0.25, -0.2) is 9.78 Å². The fraction of sp³-hybridized carbons (Fsp3) is 0.364. The highest BCUT2D eigenvalue weighted by Gasteiger charge is 2.19. The fourth-order valence-electron chi connectivity index (χ4n) is 1.14. The lowest BCUT2D eigenvalue weighted by Gasteiger charge is -2.08. The summed E-state index contributed by atoms with van der Waals surface area (Å²) in [6.45, 7) is 7.33.